The number of nitrogens with zero attached hydrogens (tertiary/aromatic N) is 1. The zero-order chi connectivity index (χ0) is 27.3. The number of fused-ring (bicyclic) bond motifs is 2. The second-order valence-electron chi connectivity index (χ2n) is 10.7. The first-order valence-corrected chi connectivity index (χ1v) is 13.3. The first-order valence-electron chi connectivity index (χ1n) is 13.3. The Morgan fingerprint density at radius 1 is 0.895 bits per heavy atom. The smallest absolute Gasteiger partial charge is 0.398 e. The first kappa shape index (κ1) is 27.6. The van der Waals surface area contributed by atoms with Crippen LogP contribution in [0.2, 0.25) is 0 Å². The van der Waals surface area contributed by atoms with Gasteiger partial charge >= 0.3 is 7.12 Å². The molecule has 38 heavy (non-hydrogen) atoms. The Hall–Kier alpha value is -3.47. The number of allylic oxidation sites excluding steroid dienone is 8. The van der Waals surface area contributed by atoms with Crippen LogP contribution in [0.1, 0.15) is 52.7 Å². The Labute approximate surface area is 228 Å². The van der Waals surface area contributed by atoms with Crippen LogP contribution in [-0.2, 0) is 15.7 Å². The minimum Gasteiger partial charge on any atom is -0.398 e. The Balaban J connectivity index is 1.84. The lowest BCUT2D eigenvalue weighted by molar-refractivity contribution is 0.00578. The highest BCUT2D eigenvalue weighted by Crippen LogP contribution is 2.37. The molecule has 0 bridgehead atoms. The van der Waals surface area contributed by atoms with E-state index in [-0.39, 0.29) is 0 Å². The third-order valence-corrected chi connectivity index (χ3v) is 7.59. The molecule has 0 atom stereocenters. The molecule has 1 saturated heterocycles. The van der Waals surface area contributed by atoms with Crippen molar-refractivity contribution in [3.63, 3.8) is 0 Å². The largest absolute Gasteiger partial charge is 0.514 e. The maximum absolute atomic E-state index is 6.21. The van der Waals surface area contributed by atoms with E-state index in [1.165, 1.54) is 32.7 Å². The summed E-state index contributed by atoms with van der Waals surface area (Å²) in [6.07, 6.45) is 17.0. The molecule has 1 aliphatic carbocycles. The predicted molar refractivity (Wildman–Crippen MR) is 162 cm³/mol. The average molecular weight is 503 g/mol. The monoisotopic (exact) mass is 503 g/mol. The second kappa shape index (κ2) is 11.5. The molecular weight excluding hydrogens is 465 g/mol. The fourth-order valence-corrected chi connectivity index (χ4v) is 4.69. The van der Waals surface area contributed by atoms with Gasteiger partial charge in [-0.15, -0.1) is 0 Å². The zero-order valence-electron chi connectivity index (χ0n) is 23.5. The van der Waals surface area contributed by atoms with Crippen LogP contribution >= 0.6 is 0 Å². The summed E-state index contributed by atoms with van der Waals surface area (Å²) in [5.41, 5.74) is 5.93. The average Bonchev–Trinajstić information content (AvgIpc) is 3.03. The van der Waals surface area contributed by atoms with Crippen LogP contribution in [0.5, 0.6) is 0 Å². The highest BCUT2D eigenvalue weighted by atomic mass is 16.7. The number of benzene rings is 2. The SMILES string of the molecule is C=CC(=N/C=C(\C)C1=c2ccccc2=C(/C=C/C=C\C=C/C)c2ccccc2C1)B1OC(C)(C)C(C)(C)O1. The quantitative estimate of drug-likeness (QED) is 0.247. The van der Waals surface area contributed by atoms with Gasteiger partial charge in [0.2, 0.25) is 0 Å². The molecule has 4 heteroatoms. The number of hydrogen-bond donors (Lipinski definition) is 0. The van der Waals surface area contributed by atoms with Crippen LogP contribution in [0.25, 0.3) is 11.1 Å². The van der Waals surface area contributed by atoms with Crippen LogP contribution in [0, 0.1) is 0 Å². The highest BCUT2D eigenvalue weighted by Gasteiger charge is 2.52. The highest BCUT2D eigenvalue weighted by molar-refractivity contribution is 6.84. The summed E-state index contributed by atoms with van der Waals surface area (Å²) in [5.74, 6) is 0. The maximum atomic E-state index is 6.21. The van der Waals surface area contributed by atoms with Crippen molar-refractivity contribution in [3.8, 4) is 0 Å². The molecule has 0 radical (unpaired) electrons. The van der Waals surface area contributed by atoms with Crippen LogP contribution in [0.4, 0.5) is 0 Å². The number of rotatable bonds is 7. The van der Waals surface area contributed by atoms with Gasteiger partial charge in [0.15, 0.2) is 0 Å². The molecule has 1 fully saturated rings. The third-order valence-electron chi connectivity index (χ3n) is 7.59. The van der Waals surface area contributed by atoms with Crippen molar-refractivity contribution < 1.29 is 9.31 Å². The predicted octanol–water partition coefficient (Wildman–Crippen LogP) is 6.44. The van der Waals surface area contributed by atoms with Gasteiger partial charge in [0, 0.05) is 6.20 Å². The summed E-state index contributed by atoms with van der Waals surface area (Å²) < 4.78 is 12.4. The zero-order valence-corrected chi connectivity index (χ0v) is 23.5. The van der Waals surface area contributed by atoms with Gasteiger partial charge in [-0.3, -0.25) is 4.99 Å². The third kappa shape index (κ3) is 5.67. The van der Waals surface area contributed by atoms with Crippen LogP contribution in [-0.4, -0.2) is 23.9 Å². The van der Waals surface area contributed by atoms with Crippen LogP contribution in [0.15, 0.2) is 114 Å². The fraction of sp³-hybridized carbons (Fsp3) is 0.265. The van der Waals surface area contributed by atoms with Gasteiger partial charge < -0.3 is 9.31 Å². The lowest BCUT2D eigenvalue weighted by Gasteiger charge is -2.32. The number of aliphatic imine (C=N–C) groups is 1. The molecule has 4 rings (SSSR count). The molecule has 0 saturated carbocycles. The molecule has 0 spiro atoms. The van der Waals surface area contributed by atoms with E-state index < -0.39 is 18.3 Å². The van der Waals surface area contributed by atoms with E-state index >= 15 is 0 Å². The van der Waals surface area contributed by atoms with Crippen molar-refractivity contribution in [2.45, 2.75) is 59.2 Å². The van der Waals surface area contributed by atoms with E-state index in [1.807, 2.05) is 59.0 Å². The van der Waals surface area contributed by atoms with E-state index in [0.29, 0.717) is 5.61 Å². The molecular formula is C34H38BNO2. The van der Waals surface area contributed by atoms with Gasteiger partial charge in [-0.25, -0.2) is 0 Å². The van der Waals surface area contributed by atoms with Crippen molar-refractivity contribution in [2.24, 2.45) is 4.99 Å². The van der Waals surface area contributed by atoms with Gasteiger partial charge in [-0.1, -0.05) is 97.6 Å². The van der Waals surface area contributed by atoms with E-state index in [9.17, 15) is 0 Å². The van der Waals surface area contributed by atoms with E-state index in [4.69, 9.17) is 14.3 Å². The van der Waals surface area contributed by atoms with Crippen molar-refractivity contribution >= 4 is 23.9 Å². The van der Waals surface area contributed by atoms with Crippen LogP contribution in [0.3, 0.4) is 0 Å². The molecule has 0 amide bonds. The Kier molecular flexibility index (Phi) is 8.35. The molecule has 3 nitrogen and oxygen atoms in total. The Morgan fingerprint density at radius 2 is 1.53 bits per heavy atom. The summed E-state index contributed by atoms with van der Waals surface area (Å²) in [5, 5.41) is 2.44. The summed E-state index contributed by atoms with van der Waals surface area (Å²) in [4.78, 5) is 4.82. The number of hydrogen-bond acceptors (Lipinski definition) is 3. The molecule has 1 aliphatic heterocycles. The molecule has 1 heterocycles. The normalized spacial score (nSPS) is 19.4. The van der Waals surface area contributed by atoms with Gasteiger partial charge in [-0.2, -0.15) is 0 Å². The van der Waals surface area contributed by atoms with Crippen molar-refractivity contribution in [1.82, 2.24) is 0 Å². The molecule has 0 N–H and O–H groups in total. The topological polar surface area (TPSA) is 30.8 Å². The molecule has 2 aromatic rings. The van der Waals surface area contributed by atoms with Crippen molar-refractivity contribution in [1.29, 1.82) is 0 Å². The fourth-order valence-electron chi connectivity index (χ4n) is 4.69. The minimum atomic E-state index is -0.547. The lowest BCUT2D eigenvalue weighted by Crippen LogP contribution is -2.41. The van der Waals surface area contributed by atoms with Gasteiger partial charge in [0.1, 0.15) is 0 Å². The van der Waals surface area contributed by atoms with Gasteiger partial charge in [0.05, 0.1) is 16.8 Å². The van der Waals surface area contributed by atoms with E-state index in [1.54, 1.807) is 6.08 Å². The summed E-state index contributed by atoms with van der Waals surface area (Å²) in [7, 11) is -0.547. The van der Waals surface area contributed by atoms with E-state index in [0.717, 1.165) is 12.0 Å². The van der Waals surface area contributed by atoms with Crippen molar-refractivity contribution in [2.75, 3.05) is 0 Å². The maximum Gasteiger partial charge on any atom is 0.514 e. The summed E-state index contributed by atoms with van der Waals surface area (Å²) in [6.45, 7) is 16.3. The molecule has 2 aliphatic rings. The summed E-state index contributed by atoms with van der Waals surface area (Å²) in [6, 6.07) is 17.3. The molecule has 0 unspecified atom stereocenters. The van der Waals surface area contributed by atoms with Gasteiger partial charge in [-0.05, 0) is 86.2 Å². The lowest BCUT2D eigenvalue weighted by atomic mass is 9.82. The summed E-state index contributed by atoms with van der Waals surface area (Å²) >= 11 is 0. The van der Waals surface area contributed by atoms with E-state index in [2.05, 4.69) is 80.3 Å². The van der Waals surface area contributed by atoms with Crippen LogP contribution < -0.4 is 10.4 Å². The molecule has 194 valence electrons. The molecule has 2 aromatic carbocycles. The van der Waals surface area contributed by atoms with Crippen molar-refractivity contribution in [3.05, 3.63) is 131 Å². The first-order chi connectivity index (χ1) is 18.2. The molecule has 0 aromatic heterocycles. The second-order valence-corrected chi connectivity index (χ2v) is 10.7. The standard InChI is InChI=1S/C34H38BNO2/c1-8-10-11-12-13-20-28-27-19-15-14-18-26(27)23-31(30-22-17-16-21-29(28)30)25(3)24-36-32(9-2)35-37-33(4,5)34(6,7)38-35/h8-22,24H,2,23H2,1,3-7H3/b10-8-,12-11-,20-13+,25-24+,36-32?. The minimum absolute atomic E-state index is 0.430. The Bertz CT molecular complexity index is 1470. The van der Waals surface area contributed by atoms with Gasteiger partial charge in [0.25, 0.3) is 0 Å². The Morgan fingerprint density at radius 3 is 2.21 bits per heavy atom.